The van der Waals surface area contributed by atoms with Gasteiger partial charge in [-0.15, -0.1) is 0 Å². The van der Waals surface area contributed by atoms with Crippen molar-refractivity contribution in [3.63, 3.8) is 0 Å². The molecule has 30 heavy (non-hydrogen) atoms. The number of benzene rings is 1. The second-order valence-corrected chi connectivity index (χ2v) is 10.7. The molecule has 1 aromatic carbocycles. The number of amides is 2. The Balaban J connectivity index is 1.80. The van der Waals surface area contributed by atoms with E-state index in [1.807, 2.05) is 13.8 Å². The standard InChI is InChI=1S/C22H33N3O4S/c1-15(2)13-20(22(27)25-11-9-16(3)10-12-25)24-30(28,29)18-7-8-19-17(14-18)5-4-6-21(26)23-19/h7-8,14-16,20,24H,4-6,9-13H2,1-3H3,(H,23,26)/t20-/m1/s1. The lowest BCUT2D eigenvalue weighted by molar-refractivity contribution is -0.134. The van der Waals surface area contributed by atoms with Crippen LogP contribution < -0.4 is 10.0 Å². The van der Waals surface area contributed by atoms with Crippen molar-refractivity contribution < 1.29 is 18.0 Å². The van der Waals surface area contributed by atoms with Gasteiger partial charge in [0.05, 0.1) is 4.90 Å². The first kappa shape index (κ1) is 22.7. The summed E-state index contributed by atoms with van der Waals surface area (Å²) in [6, 6.07) is 3.97. The fourth-order valence-electron chi connectivity index (χ4n) is 4.09. The molecule has 0 spiro atoms. The Hall–Kier alpha value is -1.93. The number of carbonyl (C=O) groups excluding carboxylic acids is 2. The zero-order valence-corrected chi connectivity index (χ0v) is 18.9. The molecular formula is C22H33N3O4S. The van der Waals surface area contributed by atoms with E-state index in [9.17, 15) is 18.0 Å². The number of sulfonamides is 1. The zero-order valence-electron chi connectivity index (χ0n) is 18.1. The number of piperidine rings is 1. The normalized spacial score (nSPS) is 19.2. The summed E-state index contributed by atoms with van der Waals surface area (Å²) in [6.45, 7) is 7.50. The average molecular weight is 436 g/mol. The van der Waals surface area contributed by atoms with E-state index in [0.717, 1.165) is 18.4 Å². The minimum absolute atomic E-state index is 0.0547. The minimum atomic E-state index is -3.87. The monoisotopic (exact) mass is 435 g/mol. The maximum Gasteiger partial charge on any atom is 0.241 e. The number of likely N-dealkylation sites (tertiary alicyclic amines) is 1. The number of rotatable bonds is 6. The van der Waals surface area contributed by atoms with Crippen molar-refractivity contribution in [2.24, 2.45) is 11.8 Å². The molecular weight excluding hydrogens is 402 g/mol. The molecule has 166 valence electrons. The van der Waals surface area contributed by atoms with Gasteiger partial charge in [-0.25, -0.2) is 8.42 Å². The van der Waals surface area contributed by atoms with Crippen LogP contribution in [0.1, 0.15) is 58.4 Å². The molecule has 0 aliphatic carbocycles. The highest BCUT2D eigenvalue weighted by Gasteiger charge is 2.31. The maximum absolute atomic E-state index is 13.1. The molecule has 2 heterocycles. The molecule has 0 unspecified atom stereocenters. The fourth-order valence-corrected chi connectivity index (χ4v) is 5.35. The first-order chi connectivity index (χ1) is 14.2. The summed E-state index contributed by atoms with van der Waals surface area (Å²) >= 11 is 0. The second-order valence-electron chi connectivity index (χ2n) is 9.03. The summed E-state index contributed by atoms with van der Waals surface area (Å²) < 4.78 is 28.9. The molecule has 1 aromatic rings. The van der Waals surface area contributed by atoms with Crippen LogP contribution in [0.15, 0.2) is 23.1 Å². The zero-order chi connectivity index (χ0) is 21.9. The van der Waals surface area contributed by atoms with Crippen molar-refractivity contribution in [3.8, 4) is 0 Å². The van der Waals surface area contributed by atoms with Gasteiger partial charge in [0.2, 0.25) is 21.8 Å². The van der Waals surface area contributed by atoms with Gasteiger partial charge in [0, 0.05) is 25.2 Å². The highest BCUT2D eigenvalue weighted by atomic mass is 32.2. The average Bonchev–Trinajstić information content (AvgIpc) is 2.86. The summed E-state index contributed by atoms with van der Waals surface area (Å²) in [5.74, 6) is 0.573. The summed E-state index contributed by atoms with van der Waals surface area (Å²) in [6.07, 6.45) is 4.09. The molecule has 3 rings (SSSR count). The summed E-state index contributed by atoms with van der Waals surface area (Å²) in [7, 11) is -3.87. The molecule has 1 fully saturated rings. The van der Waals surface area contributed by atoms with Crippen LogP contribution in [0.5, 0.6) is 0 Å². The van der Waals surface area contributed by atoms with Crippen molar-refractivity contribution in [1.82, 2.24) is 9.62 Å². The van der Waals surface area contributed by atoms with E-state index in [-0.39, 0.29) is 22.6 Å². The van der Waals surface area contributed by atoms with E-state index in [2.05, 4.69) is 17.0 Å². The highest BCUT2D eigenvalue weighted by Crippen LogP contribution is 2.26. The fraction of sp³-hybridized carbons (Fsp3) is 0.636. The van der Waals surface area contributed by atoms with Crippen LogP contribution in [0.2, 0.25) is 0 Å². The van der Waals surface area contributed by atoms with Crippen LogP contribution in [0.4, 0.5) is 5.69 Å². The lowest BCUT2D eigenvalue weighted by atomic mass is 9.97. The lowest BCUT2D eigenvalue weighted by Gasteiger charge is -2.33. The first-order valence-electron chi connectivity index (χ1n) is 10.9. The minimum Gasteiger partial charge on any atom is -0.341 e. The number of fused-ring (bicyclic) bond motifs is 1. The van der Waals surface area contributed by atoms with Gasteiger partial charge >= 0.3 is 0 Å². The van der Waals surface area contributed by atoms with E-state index >= 15 is 0 Å². The summed E-state index contributed by atoms with van der Waals surface area (Å²) in [5.41, 5.74) is 1.47. The third kappa shape index (κ3) is 5.60. The van der Waals surface area contributed by atoms with Gasteiger partial charge in [0.25, 0.3) is 0 Å². The van der Waals surface area contributed by atoms with Gasteiger partial charge in [-0.1, -0.05) is 20.8 Å². The third-order valence-corrected chi connectivity index (χ3v) is 7.38. The Morgan fingerprint density at radius 1 is 1.23 bits per heavy atom. The molecule has 0 saturated carbocycles. The predicted octanol–water partition coefficient (Wildman–Crippen LogP) is 2.91. The lowest BCUT2D eigenvalue weighted by Crippen LogP contribution is -2.51. The Labute approximate surface area is 179 Å². The van der Waals surface area contributed by atoms with E-state index in [1.165, 1.54) is 6.07 Å². The van der Waals surface area contributed by atoms with Gasteiger partial charge in [-0.05, 0) is 67.7 Å². The third-order valence-electron chi connectivity index (χ3n) is 5.91. The quantitative estimate of drug-likeness (QED) is 0.718. The van der Waals surface area contributed by atoms with Gasteiger partial charge in [-0.2, -0.15) is 4.72 Å². The number of carbonyl (C=O) groups is 2. The number of hydrogen-bond donors (Lipinski definition) is 2. The molecule has 2 aliphatic heterocycles. The van der Waals surface area contributed by atoms with E-state index in [0.29, 0.717) is 50.4 Å². The Bertz CT molecular complexity index is 890. The van der Waals surface area contributed by atoms with Crippen LogP contribution in [-0.2, 0) is 26.0 Å². The van der Waals surface area contributed by atoms with Crippen molar-refractivity contribution in [1.29, 1.82) is 0 Å². The molecule has 2 N–H and O–H groups in total. The number of aryl methyl sites for hydroxylation is 1. The number of nitrogens with zero attached hydrogens (tertiary/aromatic N) is 1. The predicted molar refractivity (Wildman–Crippen MR) is 117 cm³/mol. The second kappa shape index (κ2) is 9.47. The van der Waals surface area contributed by atoms with Crippen molar-refractivity contribution >= 4 is 27.5 Å². The molecule has 1 atom stereocenters. The molecule has 0 bridgehead atoms. The molecule has 2 aliphatic rings. The molecule has 7 nitrogen and oxygen atoms in total. The maximum atomic E-state index is 13.1. The molecule has 0 radical (unpaired) electrons. The van der Waals surface area contributed by atoms with E-state index in [4.69, 9.17) is 0 Å². The Morgan fingerprint density at radius 2 is 1.93 bits per heavy atom. The van der Waals surface area contributed by atoms with Gasteiger partial charge < -0.3 is 10.2 Å². The van der Waals surface area contributed by atoms with Crippen molar-refractivity contribution in [2.45, 2.75) is 70.2 Å². The van der Waals surface area contributed by atoms with Crippen LogP contribution in [0.25, 0.3) is 0 Å². The number of hydrogen-bond acceptors (Lipinski definition) is 4. The van der Waals surface area contributed by atoms with Gasteiger partial charge in [0.1, 0.15) is 6.04 Å². The molecule has 2 amide bonds. The van der Waals surface area contributed by atoms with Crippen LogP contribution in [0, 0.1) is 11.8 Å². The van der Waals surface area contributed by atoms with E-state index < -0.39 is 16.1 Å². The van der Waals surface area contributed by atoms with E-state index in [1.54, 1.807) is 17.0 Å². The molecule has 0 aromatic heterocycles. The molecule has 8 heteroatoms. The van der Waals surface area contributed by atoms with Crippen LogP contribution in [0.3, 0.4) is 0 Å². The smallest absolute Gasteiger partial charge is 0.241 e. The molecule has 1 saturated heterocycles. The van der Waals surface area contributed by atoms with Gasteiger partial charge in [-0.3, -0.25) is 9.59 Å². The van der Waals surface area contributed by atoms with Crippen LogP contribution in [-0.4, -0.2) is 44.3 Å². The summed E-state index contributed by atoms with van der Waals surface area (Å²) in [4.78, 5) is 26.8. The largest absolute Gasteiger partial charge is 0.341 e. The van der Waals surface area contributed by atoms with Crippen LogP contribution >= 0.6 is 0 Å². The van der Waals surface area contributed by atoms with Crippen molar-refractivity contribution in [3.05, 3.63) is 23.8 Å². The summed E-state index contributed by atoms with van der Waals surface area (Å²) in [5, 5.41) is 2.82. The Morgan fingerprint density at radius 3 is 2.60 bits per heavy atom. The first-order valence-corrected chi connectivity index (χ1v) is 12.4. The van der Waals surface area contributed by atoms with Crippen molar-refractivity contribution in [2.75, 3.05) is 18.4 Å². The number of nitrogens with one attached hydrogen (secondary N) is 2. The SMILES string of the molecule is CC(C)C[C@@H](NS(=O)(=O)c1ccc2c(c1)CCCC(=O)N2)C(=O)N1CCC(C)CC1. The highest BCUT2D eigenvalue weighted by molar-refractivity contribution is 7.89. The number of anilines is 1. The van der Waals surface area contributed by atoms with Gasteiger partial charge in [0.15, 0.2) is 0 Å². The Kier molecular flexibility index (Phi) is 7.18. The topological polar surface area (TPSA) is 95.6 Å².